The first-order chi connectivity index (χ1) is 12.1. The number of aryl methyl sites for hydroxylation is 1. The van der Waals surface area contributed by atoms with E-state index < -0.39 is 0 Å². The zero-order valence-electron chi connectivity index (χ0n) is 13.2. The third-order valence-electron chi connectivity index (χ3n) is 3.28. The molecule has 1 N–H and O–H groups in total. The second-order valence-corrected chi connectivity index (χ2v) is 6.25. The first-order valence-electron chi connectivity index (χ1n) is 7.44. The standard InChI is InChI=1S/C16H14Cl2N4O2S/c1-2-15-20-21-16(25)22(15)19-8-11-4-5-12(24-11)9-23-14-6-3-10(17)7-13(14)18/h3-8H,2,9H2,1H3,(H,21,25). The van der Waals surface area contributed by atoms with Crippen LogP contribution in [-0.4, -0.2) is 21.1 Å². The van der Waals surface area contributed by atoms with Gasteiger partial charge in [-0.25, -0.2) is 0 Å². The minimum Gasteiger partial charge on any atom is -0.484 e. The molecule has 0 amide bonds. The highest BCUT2D eigenvalue weighted by Crippen LogP contribution is 2.28. The van der Waals surface area contributed by atoms with Gasteiger partial charge in [0.05, 0.1) is 11.2 Å². The minimum atomic E-state index is 0.237. The maximum Gasteiger partial charge on any atom is 0.216 e. The quantitative estimate of drug-likeness (QED) is 0.476. The van der Waals surface area contributed by atoms with Gasteiger partial charge in [0.1, 0.15) is 23.9 Å². The lowest BCUT2D eigenvalue weighted by Crippen LogP contribution is -1.97. The van der Waals surface area contributed by atoms with Gasteiger partial charge in [0.2, 0.25) is 4.77 Å². The number of rotatable bonds is 6. The molecule has 0 aliphatic rings. The average Bonchev–Trinajstić information content (AvgIpc) is 3.18. The first kappa shape index (κ1) is 17.7. The third kappa shape index (κ3) is 4.31. The van der Waals surface area contributed by atoms with Crippen LogP contribution in [0.1, 0.15) is 24.3 Å². The van der Waals surface area contributed by atoms with Gasteiger partial charge in [-0.1, -0.05) is 30.1 Å². The lowest BCUT2D eigenvalue weighted by molar-refractivity contribution is 0.270. The van der Waals surface area contributed by atoms with E-state index in [1.165, 1.54) is 0 Å². The number of halogens is 2. The van der Waals surface area contributed by atoms with E-state index in [-0.39, 0.29) is 6.61 Å². The Morgan fingerprint density at radius 3 is 2.96 bits per heavy atom. The summed E-state index contributed by atoms with van der Waals surface area (Å²) < 4.78 is 13.3. The maximum absolute atomic E-state index is 6.07. The molecule has 0 radical (unpaired) electrons. The molecule has 0 aliphatic carbocycles. The Morgan fingerprint density at radius 1 is 1.36 bits per heavy atom. The zero-order valence-corrected chi connectivity index (χ0v) is 15.5. The summed E-state index contributed by atoms with van der Waals surface area (Å²) in [5, 5.41) is 12.1. The van der Waals surface area contributed by atoms with E-state index in [1.54, 1.807) is 41.2 Å². The molecule has 9 heteroatoms. The Labute approximate surface area is 159 Å². The van der Waals surface area contributed by atoms with Crippen LogP contribution < -0.4 is 4.74 Å². The fraction of sp³-hybridized carbons (Fsp3) is 0.188. The van der Waals surface area contributed by atoms with E-state index >= 15 is 0 Å². The summed E-state index contributed by atoms with van der Waals surface area (Å²) in [5.41, 5.74) is 0. The Bertz CT molecular complexity index is 961. The van der Waals surface area contributed by atoms with Crippen molar-refractivity contribution in [3.05, 3.63) is 62.5 Å². The molecule has 0 saturated heterocycles. The van der Waals surface area contributed by atoms with Gasteiger partial charge in [-0.3, -0.25) is 5.10 Å². The topological polar surface area (TPSA) is 68.3 Å². The second kappa shape index (κ2) is 7.86. The van der Waals surface area contributed by atoms with Crippen LogP contribution in [0.5, 0.6) is 5.75 Å². The van der Waals surface area contributed by atoms with Gasteiger partial charge in [-0.2, -0.15) is 14.9 Å². The van der Waals surface area contributed by atoms with Crippen LogP contribution in [0.2, 0.25) is 10.0 Å². The summed E-state index contributed by atoms with van der Waals surface area (Å²) in [6.45, 7) is 2.21. The maximum atomic E-state index is 6.07. The highest BCUT2D eigenvalue weighted by molar-refractivity contribution is 7.71. The summed E-state index contributed by atoms with van der Waals surface area (Å²) in [6, 6.07) is 8.64. The first-order valence-corrected chi connectivity index (χ1v) is 8.60. The van der Waals surface area contributed by atoms with Crippen LogP contribution in [0, 0.1) is 4.77 Å². The van der Waals surface area contributed by atoms with Crippen molar-refractivity contribution in [3.63, 3.8) is 0 Å². The molecule has 0 spiro atoms. The van der Waals surface area contributed by atoms with Gasteiger partial charge < -0.3 is 9.15 Å². The fourth-order valence-corrected chi connectivity index (χ4v) is 2.73. The van der Waals surface area contributed by atoms with Gasteiger partial charge in [0.15, 0.2) is 5.82 Å². The summed E-state index contributed by atoms with van der Waals surface area (Å²) in [7, 11) is 0. The highest BCUT2D eigenvalue weighted by Gasteiger charge is 2.06. The van der Waals surface area contributed by atoms with Crippen LogP contribution in [0.15, 0.2) is 39.9 Å². The van der Waals surface area contributed by atoms with Crippen molar-refractivity contribution in [1.29, 1.82) is 0 Å². The molecule has 0 saturated carbocycles. The van der Waals surface area contributed by atoms with Crippen molar-refractivity contribution < 1.29 is 9.15 Å². The highest BCUT2D eigenvalue weighted by atomic mass is 35.5. The number of hydrogen-bond donors (Lipinski definition) is 1. The molecule has 0 fully saturated rings. The lowest BCUT2D eigenvalue weighted by Gasteiger charge is -2.06. The predicted octanol–water partition coefficient (Wildman–Crippen LogP) is 4.86. The number of furan rings is 1. The Morgan fingerprint density at radius 2 is 2.20 bits per heavy atom. The molecular formula is C16H14Cl2N4O2S. The van der Waals surface area contributed by atoms with Crippen molar-refractivity contribution in [2.75, 3.05) is 0 Å². The summed E-state index contributed by atoms with van der Waals surface area (Å²) in [5.74, 6) is 2.49. The van der Waals surface area contributed by atoms with Crippen LogP contribution in [0.25, 0.3) is 0 Å². The number of benzene rings is 1. The average molecular weight is 397 g/mol. The molecule has 0 atom stereocenters. The van der Waals surface area contributed by atoms with Crippen LogP contribution in [0.4, 0.5) is 0 Å². The van der Waals surface area contributed by atoms with Crippen molar-refractivity contribution in [2.24, 2.45) is 5.10 Å². The smallest absolute Gasteiger partial charge is 0.216 e. The second-order valence-electron chi connectivity index (χ2n) is 5.02. The predicted molar refractivity (Wildman–Crippen MR) is 99.3 cm³/mol. The van der Waals surface area contributed by atoms with Crippen LogP contribution in [0.3, 0.4) is 0 Å². The van der Waals surface area contributed by atoms with E-state index in [0.29, 0.717) is 38.5 Å². The van der Waals surface area contributed by atoms with Gasteiger partial charge in [-0.05, 0) is 42.5 Å². The fourth-order valence-electron chi connectivity index (χ4n) is 2.07. The molecule has 3 aromatic rings. The lowest BCUT2D eigenvalue weighted by atomic mass is 10.3. The number of nitrogens with zero attached hydrogens (tertiary/aromatic N) is 3. The monoisotopic (exact) mass is 396 g/mol. The summed E-state index contributed by atoms with van der Waals surface area (Å²) in [4.78, 5) is 0. The largest absolute Gasteiger partial charge is 0.484 e. The number of nitrogens with one attached hydrogen (secondary N) is 1. The Kier molecular flexibility index (Phi) is 5.57. The molecule has 1 aromatic carbocycles. The van der Waals surface area contributed by atoms with E-state index in [2.05, 4.69) is 15.3 Å². The van der Waals surface area contributed by atoms with Gasteiger partial charge in [0.25, 0.3) is 0 Å². The number of ether oxygens (including phenoxy) is 1. The van der Waals surface area contributed by atoms with Crippen molar-refractivity contribution in [2.45, 2.75) is 20.0 Å². The molecule has 2 heterocycles. The molecule has 130 valence electrons. The van der Waals surface area contributed by atoms with Gasteiger partial charge in [-0.15, -0.1) is 0 Å². The van der Waals surface area contributed by atoms with Crippen LogP contribution >= 0.6 is 35.4 Å². The molecular weight excluding hydrogens is 383 g/mol. The number of aromatic amines is 1. The Balaban J connectivity index is 1.67. The number of aromatic nitrogens is 3. The van der Waals surface area contributed by atoms with Crippen molar-refractivity contribution in [3.8, 4) is 5.75 Å². The normalized spacial score (nSPS) is 11.3. The molecule has 0 bridgehead atoms. The van der Waals surface area contributed by atoms with E-state index in [9.17, 15) is 0 Å². The zero-order chi connectivity index (χ0) is 17.8. The number of hydrogen-bond acceptors (Lipinski definition) is 5. The number of H-pyrrole nitrogens is 1. The molecule has 3 rings (SSSR count). The SMILES string of the molecule is CCc1n[nH]c(=S)n1N=Cc1ccc(COc2ccc(Cl)cc2Cl)o1. The van der Waals surface area contributed by atoms with Crippen molar-refractivity contribution in [1.82, 2.24) is 14.9 Å². The third-order valence-corrected chi connectivity index (χ3v) is 4.08. The van der Waals surface area contributed by atoms with E-state index in [4.69, 9.17) is 44.6 Å². The van der Waals surface area contributed by atoms with E-state index in [1.807, 2.05) is 6.92 Å². The minimum absolute atomic E-state index is 0.237. The molecule has 0 aliphatic heterocycles. The summed E-state index contributed by atoms with van der Waals surface area (Å²) >= 11 is 17.1. The molecule has 2 aromatic heterocycles. The molecule has 6 nitrogen and oxygen atoms in total. The summed E-state index contributed by atoms with van der Waals surface area (Å²) in [6.07, 6.45) is 2.28. The molecule has 25 heavy (non-hydrogen) atoms. The van der Waals surface area contributed by atoms with Crippen molar-refractivity contribution >= 4 is 41.6 Å². The molecule has 0 unspecified atom stereocenters. The Hall–Kier alpha value is -2.09. The van der Waals surface area contributed by atoms with E-state index in [0.717, 1.165) is 5.82 Å². The van der Waals surface area contributed by atoms with Crippen LogP contribution in [-0.2, 0) is 13.0 Å². The van der Waals surface area contributed by atoms with Gasteiger partial charge in [0, 0.05) is 11.4 Å². The van der Waals surface area contributed by atoms with Gasteiger partial charge >= 0.3 is 0 Å².